The first-order valence-corrected chi connectivity index (χ1v) is 6.97. The SMILES string of the molecule is CC(C)CC1(C(O)c2cccc(F)c2)CCCC1. The molecule has 1 fully saturated rings. The number of benzene rings is 1. The van der Waals surface area contributed by atoms with Crippen molar-refractivity contribution < 1.29 is 9.50 Å². The van der Waals surface area contributed by atoms with E-state index in [0.717, 1.165) is 24.8 Å². The molecule has 0 aliphatic heterocycles. The van der Waals surface area contributed by atoms with Crippen LogP contribution >= 0.6 is 0 Å². The molecule has 1 saturated carbocycles. The number of aliphatic hydroxyl groups excluding tert-OH is 1. The lowest BCUT2D eigenvalue weighted by Crippen LogP contribution is -2.27. The van der Waals surface area contributed by atoms with Crippen molar-refractivity contribution in [1.29, 1.82) is 0 Å². The quantitative estimate of drug-likeness (QED) is 0.836. The Morgan fingerprint density at radius 3 is 2.50 bits per heavy atom. The minimum absolute atomic E-state index is 0.0397. The first-order chi connectivity index (χ1) is 8.53. The molecule has 0 radical (unpaired) electrons. The Kier molecular flexibility index (Phi) is 4.06. The van der Waals surface area contributed by atoms with Gasteiger partial charge in [0, 0.05) is 5.41 Å². The summed E-state index contributed by atoms with van der Waals surface area (Å²) < 4.78 is 13.3. The van der Waals surface area contributed by atoms with Gasteiger partial charge in [-0.25, -0.2) is 4.39 Å². The second kappa shape index (κ2) is 5.40. The van der Waals surface area contributed by atoms with E-state index in [9.17, 15) is 9.50 Å². The molecule has 1 unspecified atom stereocenters. The van der Waals surface area contributed by atoms with Gasteiger partial charge in [-0.3, -0.25) is 0 Å². The number of hydrogen-bond acceptors (Lipinski definition) is 1. The molecule has 1 aromatic rings. The fourth-order valence-electron chi connectivity index (χ4n) is 3.51. The van der Waals surface area contributed by atoms with Gasteiger partial charge in [-0.05, 0) is 42.9 Å². The standard InChI is InChI=1S/C16H23FO/c1-12(2)11-16(8-3-4-9-16)15(18)13-6-5-7-14(17)10-13/h5-7,10,12,15,18H,3-4,8-9,11H2,1-2H3. The Hall–Kier alpha value is -0.890. The molecule has 1 nitrogen and oxygen atoms in total. The van der Waals surface area contributed by atoms with Gasteiger partial charge in [0.2, 0.25) is 0 Å². The summed E-state index contributed by atoms with van der Waals surface area (Å²) in [6.45, 7) is 4.39. The average Bonchev–Trinajstić information content (AvgIpc) is 2.77. The summed E-state index contributed by atoms with van der Waals surface area (Å²) in [6.07, 6.45) is 4.97. The van der Waals surface area contributed by atoms with Crippen LogP contribution in [0.15, 0.2) is 24.3 Å². The summed E-state index contributed by atoms with van der Waals surface area (Å²) in [5.74, 6) is 0.301. The van der Waals surface area contributed by atoms with Gasteiger partial charge in [0.15, 0.2) is 0 Å². The van der Waals surface area contributed by atoms with Crippen LogP contribution in [-0.2, 0) is 0 Å². The maximum Gasteiger partial charge on any atom is 0.123 e. The molecule has 2 heteroatoms. The highest BCUT2D eigenvalue weighted by atomic mass is 19.1. The van der Waals surface area contributed by atoms with Crippen LogP contribution in [0.3, 0.4) is 0 Å². The van der Waals surface area contributed by atoms with Crippen molar-refractivity contribution in [3.05, 3.63) is 35.6 Å². The second-order valence-corrected chi connectivity index (χ2v) is 6.12. The fourth-order valence-corrected chi connectivity index (χ4v) is 3.51. The zero-order valence-corrected chi connectivity index (χ0v) is 11.3. The first kappa shape index (κ1) is 13.5. The zero-order chi connectivity index (χ0) is 13.2. The van der Waals surface area contributed by atoms with Crippen LogP contribution in [-0.4, -0.2) is 5.11 Å². The molecule has 1 aliphatic carbocycles. The lowest BCUT2D eigenvalue weighted by Gasteiger charge is -2.36. The Bertz CT molecular complexity index is 394. The number of halogens is 1. The molecule has 1 N–H and O–H groups in total. The van der Waals surface area contributed by atoms with E-state index >= 15 is 0 Å². The van der Waals surface area contributed by atoms with E-state index in [4.69, 9.17) is 0 Å². The van der Waals surface area contributed by atoms with E-state index in [2.05, 4.69) is 13.8 Å². The molecule has 0 aromatic heterocycles. The second-order valence-electron chi connectivity index (χ2n) is 6.12. The highest BCUT2D eigenvalue weighted by molar-refractivity contribution is 5.21. The van der Waals surface area contributed by atoms with Gasteiger partial charge in [-0.1, -0.05) is 38.8 Å². The van der Waals surface area contributed by atoms with Crippen molar-refractivity contribution in [2.45, 2.75) is 52.1 Å². The summed E-state index contributed by atoms with van der Waals surface area (Å²) in [5, 5.41) is 10.7. The van der Waals surface area contributed by atoms with Crippen LogP contribution < -0.4 is 0 Å². The Balaban J connectivity index is 2.25. The molecule has 1 atom stereocenters. The van der Waals surface area contributed by atoms with Gasteiger partial charge >= 0.3 is 0 Å². The van der Waals surface area contributed by atoms with Crippen molar-refractivity contribution in [3.63, 3.8) is 0 Å². The topological polar surface area (TPSA) is 20.2 Å². The maximum atomic E-state index is 13.3. The van der Waals surface area contributed by atoms with Crippen LogP contribution in [0, 0.1) is 17.2 Å². The predicted octanol–water partition coefficient (Wildman–Crippen LogP) is 4.47. The highest BCUT2D eigenvalue weighted by Gasteiger charge is 2.41. The molecule has 100 valence electrons. The molecule has 18 heavy (non-hydrogen) atoms. The molecule has 0 bridgehead atoms. The van der Waals surface area contributed by atoms with E-state index in [-0.39, 0.29) is 11.2 Å². The molecular weight excluding hydrogens is 227 g/mol. The van der Waals surface area contributed by atoms with Crippen molar-refractivity contribution >= 4 is 0 Å². The summed E-state index contributed by atoms with van der Waals surface area (Å²) in [6, 6.07) is 6.44. The highest BCUT2D eigenvalue weighted by Crippen LogP contribution is 2.51. The smallest absolute Gasteiger partial charge is 0.123 e. The van der Waals surface area contributed by atoms with E-state index < -0.39 is 6.10 Å². The number of rotatable bonds is 4. The van der Waals surface area contributed by atoms with Crippen LogP contribution in [0.1, 0.15) is 57.6 Å². The maximum absolute atomic E-state index is 13.3. The van der Waals surface area contributed by atoms with E-state index in [0.29, 0.717) is 5.92 Å². The monoisotopic (exact) mass is 250 g/mol. The van der Waals surface area contributed by atoms with Crippen molar-refractivity contribution in [3.8, 4) is 0 Å². The van der Waals surface area contributed by atoms with Gasteiger partial charge in [0.05, 0.1) is 6.10 Å². The van der Waals surface area contributed by atoms with Gasteiger partial charge < -0.3 is 5.11 Å². The summed E-state index contributed by atoms with van der Waals surface area (Å²) in [7, 11) is 0. The summed E-state index contributed by atoms with van der Waals surface area (Å²) in [4.78, 5) is 0. The van der Waals surface area contributed by atoms with Crippen molar-refractivity contribution in [1.82, 2.24) is 0 Å². The average molecular weight is 250 g/mol. The molecule has 2 rings (SSSR count). The van der Waals surface area contributed by atoms with Gasteiger partial charge in [0.1, 0.15) is 5.82 Å². The predicted molar refractivity (Wildman–Crippen MR) is 71.7 cm³/mol. The van der Waals surface area contributed by atoms with Gasteiger partial charge in [0.25, 0.3) is 0 Å². The van der Waals surface area contributed by atoms with Crippen LogP contribution in [0.25, 0.3) is 0 Å². The number of hydrogen-bond donors (Lipinski definition) is 1. The van der Waals surface area contributed by atoms with Gasteiger partial charge in [-0.15, -0.1) is 0 Å². The lowest BCUT2D eigenvalue weighted by atomic mass is 9.72. The largest absolute Gasteiger partial charge is 0.388 e. The zero-order valence-electron chi connectivity index (χ0n) is 11.3. The minimum atomic E-state index is -0.530. The summed E-state index contributed by atoms with van der Waals surface area (Å²) >= 11 is 0. The number of aliphatic hydroxyl groups is 1. The minimum Gasteiger partial charge on any atom is -0.388 e. The van der Waals surface area contributed by atoms with Crippen LogP contribution in [0.4, 0.5) is 4.39 Å². The molecule has 1 aromatic carbocycles. The van der Waals surface area contributed by atoms with Crippen molar-refractivity contribution in [2.75, 3.05) is 0 Å². The van der Waals surface area contributed by atoms with Crippen LogP contribution in [0.5, 0.6) is 0 Å². The van der Waals surface area contributed by atoms with Gasteiger partial charge in [-0.2, -0.15) is 0 Å². The third-order valence-electron chi connectivity index (χ3n) is 4.16. The third-order valence-corrected chi connectivity index (χ3v) is 4.16. The first-order valence-electron chi connectivity index (χ1n) is 6.97. The summed E-state index contributed by atoms with van der Waals surface area (Å²) in [5.41, 5.74) is 0.694. The Morgan fingerprint density at radius 1 is 1.28 bits per heavy atom. The van der Waals surface area contributed by atoms with E-state index in [1.54, 1.807) is 6.07 Å². The lowest BCUT2D eigenvalue weighted by molar-refractivity contribution is 0.0110. The van der Waals surface area contributed by atoms with Crippen molar-refractivity contribution in [2.24, 2.45) is 11.3 Å². The Morgan fingerprint density at radius 2 is 1.94 bits per heavy atom. The Labute approximate surface area is 109 Å². The fraction of sp³-hybridized carbons (Fsp3) is 0.625. The van der Waals surface area contributed by atoms with Crippen LogP contribution in [0.2, 0.25) is 0 Å². The molecule has 0 saturated heterocycles. The molecule has 0 heterocycles. The van der Waals surface area contributed by atoms with E-state index in [1.807, 2.05) is 6.07 Å². The molecular formula is C16H23FO. The van der Waals surface area contributed by atoms with E-state index in [1.165, 1.54) is 25.0 Å². The third kappa shape index (κ3) is 2.74. The molecule has 0 amide bonds. The normalized spacial score (nSPS) is 20.3. The molecule has 0 spiro atoms. The molecule has 1 aliphatic rings.